The van der Waals surface area contributed by atoms with Crippen molar-refractivity contribution in [3.63, 3.8) is 0 Å². The number of anilines is 4. The minimum Gasteiger partial charge on any atom is -0.457 e. The van der Waals surface area contributed by atoms with Gasteiger partial charge in [-0.25, -0.2) is 0 Å². The van der Waals surface area contributed by atoms with E-state index in [1.165, 1.54) is 33.6 Å². The van der Waals surface area contributed by atoms with Crippen molar-refractivity contribution in [1.29, 1.82) is 5.26 Å². The number of rotatable bonds is 1. The van der Waals surface area contributed by atoms with Crippen LogP contribution in [0.2, 0.25) is 0 Å². The van der Waals surface area contributed by atoms with Crippen LogP contribution in [0.15, 0.2) is 127 Å². The number of hydrogen-bond acceptors (Lipinski definition) is 4. The van der Waals surface area contributed by atoms with Crippen molar-refractivity contribution in [3.8, 4) is 17.6 Å². The van der Waals surface area contributed by atoms with Crippen molar-refractivity contribution < 1.29 is 4.74 Å². The average Bonchev–Trinajstić information content (AvgIpc) is 3.24. The van der Waals surface area contributed by atoms with Crippen molar-refractivity contribution in [3.05, 3.63) is 177 Å². The molecule has 0 radical (unpaired) electrons. The van der Waals surface area contributed by atoms with E-state index in [0.29, 0.717) is 11.3 Å². The first-order valence-corrected chi connectivity index (χ1v) is 16.3. The lowest BCUT2D eigenvalue weighted by molar-refractivity contribution is 0.434. The quantitative estimate of drug-likeness (QED) is 0.189. The molecule has 0 aromatic heterocycles. The fraction of sp³-hybridized carbons (Fsp3) is 0.140. The molecule has 226 valence electrons. The van der Waals surface area contributed by atoms with Crippen LogP contribution in [0.5, 0.6) is 11.5 Å². The number of nitrogens with zero attached hydrogens (tertiary/aromatic N) is 2. The summed E-state index contributed by atoms with van der Waals surface area (Å²) in [5.74, 6) is 1.63. The van der Waals surface area contributed by atoms with Gasteiger partial charge in [-0.2, -0.15) is 5.26 Å². The number of nitriles is 1. The third kappa shape index (κ3) is 3.63. The van der Waals surface area contributed by atoms with Crippen molar-refractivity contribution >= 4 is 22.7 Å². The van der Waals surface area contributed by atoms with Gasteiger partial charge in [0, 0.05) is 27.9 Å². The summed E-state index contributed by atoms with van der Waals surface area (Å²) >= 11 is 0. The zero-order valence-electron chi connectivity index (χ0n) is 26.4. The zero-order valence-corrected chi connectivity index (χ0v) is 26.4. The Morgan fingerprint density at radius 3 is 1.79 bits per heavy atom. The maximum atomic E-state index is 10.0. The van der Waals surface area contributed by atoms with Gasteiger partial charge in [-0.15, -0.1) is 0 Å². The van der Waals surface area contributed by atoms with E-state index < -0.39 is 5.41 Å². The van der Waals surface area contributed by atoms with Gasteiger partial charge in [0.25, 0.3) is 0 Å². The largest absolute Gasteiger partial charge is 0.457 e. The Kier molecular flexibility index (Phi) is 5.77. The Morgan fingerprint density at radius 2 is 1.17 bits per heavy atom. The lowest BCUT2D eigenvalue weighted by Crippen LogP contribution is -2.36. The molecule has 6 aromatic carbocycles. The Morgan fingerprint density at radius 1 is 0.638 bits per heavy atom. The fourth-order valence-electron chi connectivity index (χ4n) is 8.72. The first-order chi connectivity index (χ1) is 22.9. The Hall–Kier alpha value is -5.79. The molecule has 0 fully saturated rings. The predicted molar refractivity (Wildman–Crippen MR) is 188 cm³/mol. The van der Waals surface area contributed by atoms with E-state index in [4.69, 9.17) is 10.5 Å². The highest BCUT2D eigenvalue weighted by Crippen LogP contribution is 2.61. The molecule has 0 amide bonds. The highest BCUT2D eigenvalue weighted by atomic mass is 16.5. The Balaban J connectivity index is 1.43. The van der Waals surface area contributed by atoms with Crippen molar-refractivity contribution in [2.75, 3.05) is 10.6 Å². The number of aryl methyl sites for hydroxylation is 1. The van der Waals surface area contributed by atoms with Gasteiger partial charge in [-0.1, -0.05) is 98.8 Å². The van der Waals surface area contributed by atoms with Crippen LogP contribution in [-0.2, 0) is 23.7 Å². The number of hydrogen-bond donors (Lipinski definition) is 1. The van der Waals surface area contributed by atoms with Crippen LogP contribution < -0.4 is 15.4 Å². The van der Waals surface area contributed by atoms with E-state index in [-0.39, 0.29) is 5.41 Å². The van der Waals surface area contributed by atoms with Crippen molar-refractivity contribution in [2.45, 2.75) is 37.5 Å². The molecular weight excluding hydrogens is 574 g/mol. The molecule has 2 N–H and O–H groups in total. The molecule has 9 rings (SSSR count). The fourth-order valence-corrected chi connectivity index (χ4v) is 8.72. The van der Waals surface area contributed by atoms with Gasteiger partial charge in [0.05, 0.1) is 28.4 Å². The van der Waals surface area contributed by atoms with Crippen molar-refractivity contribution in [1.82, 2.24) is 0 Å². The molecule has 0 unspecified atom stereocenters. The summed E-state index contributed by atoms with van der Waals surface area (Å²) in [7, 11) is 0. The van der Waals surface area contributed by atoms with Crippen LogP contribution in [0.25, 0.3) is 0 Å². The third-order valence-corrected chi connectivity index (χ3v) is 10.6. The molecule has 6 aromatic rings. The summed E-state index contributed by atoms with van der Waals surface area (Å²) in [6.07, 6.45) is 1.53. The van der Waals surface area contributed by atoms with Gasteiger partial charge in [-0.05, 0) is 88.7 Å². The minimum absolute atomic E-state index is 0.159. The second-order valence-electron chi connectivity index (χ2n) is 13.4. The number of fused-ring (bicyclic) bond motifs is 10. The highest BCUT2D eigenvalue weighted by molar-refractivity contribution is 5.89. The van der Waals surface area contributed by atoms with E-state index in [1.54, 1.807) is 0 Å². The lowest BCUT2D eigenvalue weighted by Gasteiger charge is -2.45. The molecule has 0 saturated heterocycles. The molecule has 1 spiro atoms. The van der Waals surface area contributed by atoms with Gasteiger partial charge < -0.3 is 15.4 Å². The third-order valence-electron chi connectivity index (χ3n) is 10.6. The first-order valence-electron chi connectivity index (χ1n) is 16.3. The van der Waals surface area contributed by atoms with E-state index in [0.717, 1.165) is 52.3 Å². The average molecular weight is 608 g/mol. The molecule has 47 heavy (non-hydrogen) atoms. The van der Waals surface area contributed by atoms with E-state index in [2.05, 4.69) is 128 Å². The van der Waals surface area contributed by atoms with Crippen LogP contribution in [0.4, 0.5) is 22.7 Å². The molecule has 3 aliphatic rings. The van der Waals surface area contributed by atoms with E-state index in [1.807, 2.05) is 24.3 Å². The summed E-state index contributed by atoms with van der Waals surface area (Å²) in [4.78, 5) is 2.47. The summed E-state index contributed by atoms with van der Waals surface area (Å²) < 4.78 is 6.62. The molecule has 1 aliphatic carbocycles. The number of ether oxygens (including phenoxy) is 1. The maximum Gasteiger partial charge on any atom is 0.132 e. The highest BCUT2D eigenvalue weighted by Gasteiger charge is 2.50. The summed E-state index contributed by atoms with van der Waals surface area (Å²) in [6, 6.07) is 47.4. The minimum atomic E-state index is -0.769. The Bertz CT molecular complexity index is 2210. The standard InChI is InChI=1S/C43H33N3O/c1-42(2)31-12-3-7-17-37(31)46(38-18-8-4-13-32(38)42)36-19-11-16-30-29(36)23-22-28-24-27(26-44)25-35(45)41(28)43(30)33-14-5-9-20-39(33)47-40-21-10-6-15-34(40)43/h3-21,24-25H,22-23,45H2,1-2H3. The van der Waals surface area contributed by atoms with Gasteiger partial charge in [0.2, 0.25) is 0 Å². The maximum absolute atomic E-state index is 10.0. The smallest absolute Gasteiger partial charge is 0.132 e. The summed E-state index contributed by atoms with van der Waals surface area (Å²) in [5.41, 5.74) is 20.2. The van der Waals surface area contributed by atoms with Gasteiger partial charge in [0.1, 0.15) is 11.5 Å². The normalized spacial score (nSPS) is 15.8. The summed E-state index contributed by atoms with van der Waals surface area (Å²) in [5, 5.41) is 10.0. The summed E-state index contributed by atoms with van der Waals surface area (Å²) in [6.45, 7) is 4.65. The van der Waals surface area contributed by atoms with E-state index in [9.17, 15) is 5.26 Å². The molecule has 0 bridgehead atoms. The molecule has 0 atom stereocenters. The predicted octanol–water partition coefficient (Wildman–Crippen LogP) is 9.84. The monoisotopic (exact) mass is 607 g/mol. The Labute approximate surface area is 275 Å². The molecular formula is C43H33N3O. The molecule has 4 heteroatoms. The van der Waals surface area contributed by atoms with E-state index >= 15 is 0 Å². The van der Waals surface area contributed by atoms with Crippen LogP contribution in [0.1, 0.15) is 63.9 Å². The van der Waals surface area contributed by atoms with Crippen LogP contribution in [0, 0.1) is 11.3 Å². The number of benzene rings is 6. The second kappa shape index (κ2) is 9.85. The van der Waals surface area contributed by atoms with Crippen LogP contribution in [-0.4, -0.2) is 0 Å². The van der Waals surface area contributed by atoms with Gasteiger partial charge in [-0.3, -0.25) is 0 Å². The SMILES string of the molecule is CC1(C)c2ccccc2N(c2cccc3c2CCc2cc(C#N)cc(N)c2C32c3ccccc3Oc3ccccc32)c2ccccc21. The molecule has 0 saturated carbocycles. The second-order valence-corrected chi connectivity index (χ2v) is 13.4. The van der Waals surface area contributed by atoms with Crippen LogP contribution >= 0.6 is 0 Å². The number of nitrogens with two attached hydrogens (primary N) is 1. The van der Waals surface area contributed by atoms with Crippen molar-refractivity contribution in [2.24, 2.45) is 0 Å². The first kappa shape index (κ1) is 27.5. The lowest BCUT2D eigenvalue weighted by atomic mass is 9.61. The zero-order chi connectivity index (χ0) is 31.9. The molecule has 2 heterocycles. The molecule has 4 nitrogen and oxygen atoms in total. The number of nitrogen functional groups attached to an aromatic ring is 1. The van der Waals surface area contributed by atoms with Gasteiger partial charge >= 0.3 is 0 Å². The van der Waals surface area contributed by atoms with Crippen LogP contribution in [0.3, 0.4) is 0 Å². The molecule has 2 aliphatic heterocycles. The van der Waals surface area contributed by atoms with Gasteiger partial charge in [0.15, 0.2) is 0 Å². The topological polar surface area (TPSA) is 62.3 Å². The number of para-hydroxylation sites is 4.